The highest BCUT2D eigenvalue weighted by Crippen LogP contribution is 2.45. The molecule has 0 fully saturated rings. The zero-order valence-electron chi connectivity index (χ0n) is 20.6. The highest BCUT2D eigenvalue weighted by atomic mass is 32.3. The Morgan fingerprint density at radius 3 is 2.51 bits per heavy atom. The number of imidazole rings is 1. The molecule has 0 spiro atoms. The molecule has 0 saturated heterocycles. The number of aryl methyl sites for hydroxylation is 1. The molecule has 1 unspecified atom stereocenters. The van der Waals surface area contributed by atoms with Crippen molar-refractivity contribution in [2.24, 2.45) is 0 Å². The first-order valence-electron chi connectivity index (χ1n) is 11.9. The number of ketones is 1. The van der Waals surface area contributed by atoms with Crippen LogP contribution < -0.4 is 5.43 Å². The first kappa shape index (κ1) is 22.1. The van der Waals surface area contributed by atoms with Crippen molar-refractivity contribution in [1.82, 2.24) is 19.8 Å². The molecule has 1 atom stereocenters. The predicted molar refractivity (Wildman–Crippen MR) is 145 cm³/mol. The van der Waals surface area contributed by atoms with E-state index >= 15 is 0 Å². The van der Waals surface area contributed by atoms with Crippen LogP contribution in [0.4, 0.5) is 0 Å². The van der Waals surface area contributed by atoms with E-state index in [9.17, 15) is 4.79 Å². The van der Waals surface area contributed by atoms with Crippen molar-refractivity contribution < 1.29 is 4.79 Å². The molecule has 1 aliphatic carbocycles. The van der Waals surface area contributed by atoms with E-state index in [2.05, 4.69) is 88.4 Å². The molecule has 5 nitrogen and oxygen atoms in total. The fraction of sp³-hybridized carbons (Fsp3) is 0.241. The summed E-state index contributed by atoms with van der Waals surface area (Å²) in [6, 6.07) is 19.6. The van der Waals surface area contributed by atoms with Gasteiger partial charge in [-0.05, 0) is 77.1 Å². The van der Waals surface area contributed by atoms with Gasteiger partial charge in [0, 0.05) is 42.6 Å². The van der Waals surface area contributed by atoms with Gasteiger partial charge in [-0.2, -0.15) is 0 Å². The Morgan fingerprint density at radius 2 is 1.74 bits per heavy atom. The molecule has 2 aromatic heterocycles. The number of Topliss-reactive ketones (excluding diaryl/α,β-unsaturated/α-hetero) is 1. The van der Waals surface area contributed by atoms with Crippen LogP contribution in [-0.2, 0) is 6.42 Å². The molecule has 6 rings (SSSR count). The zero-order chi connectivity index (χ0) is 24.3. The fourth-order valence-electron chi connectivity index (χ4n) is 5.14. The molecular formula is C29H30N4OS. The molecule has 3 heterocycles. The smallest absolute Gasteiger partial charge is 0.163 e. The summed E-state index contributed by atoms with van der Waals surface area (Å²) >= 11 is 0. The van der Waals surface area contributed by atoms with Crippen molar-refractivity contribution in [3.8, 4) is 11.3 Å². The van der Waals surface area contributed by atoms with Gasteiger partial charge in [-0.3, -0.25) is 9.20 Å². The molecule has 2 aromatic carbocycles. The monoisotopic (exact) mass is 482 g/mol. The molecule has 6 heteroatoms. The SMILES string of the molecule is CN1C=C(c2ccc3ncc(-c4ccc5c(c4)CCC5=O)n3c2)C(c2ccc(S(C)(C)C)cc2)N1. The van der Waals surface area contributed by atoms with Crippen molar-refractivity contribution in [3.63, 3.8) is 0 Å². The van der Waals surface area contributed by atoms with Crippen molar-refractivity contribution in [2.45, 2.75) is 23.8 Å². The lowest BCUT2D eigenvalue weighted by Crippen LogP contribution is -2.27. The number of hydrazine groups is 1. The van der Waals surface area contributed by atoms with Gasteiger partial charge in [0.2, 0.25) is 0 Å². The Morgan fingerprint density at radius 1 is 0.971 bits per heavy atom. The number of hydrogen-bond acceptors (Lipinski definition) is 4. The van der Waals surface area contributed by atoms with E-state index in [1.807, 2.05) is 30.4 Å². The van der Waals surface area contributed by atoms with Crippen LogP contribution in [-0.4, -0.2) is 46.0 Å². The minimum atomic E-state index is -0.750. The lowest BCUT2D eigenvalue weighted by atomic mass is 9.96. The number of carbonyl (C=O) groups excluding carboxylic acids is 1. The van der Waals surface area contributed by atoms with E-state index in [-0.39, 0.29) is 11.8 Å². The van der Waals surface area contributed by atoms with Gasteiger partial charge in [-0.15, -0.1) is 0 Å². The third kappa shape index (κ3) is 3.87. The van der Waals surface area contributed by atoms with E-state index < -0.39 is 10.0 Å². The molecule has 4 aromatic rings. The second-order valence-electron chi connectivity index (χ2n) is 10.2. The van der Waals surface area contributed by atoms with Crippen LogP contribution in [0.3, 0.4) is 0 Å². The minimum Gasteiger partial charge on any atom is -0.317 e. The summed E-state index contributed by atoms with van der Waals surface area (Å²) in [6.07, 6.45) is 14.7. The summed E-state index contributed by atoms with van der Waals surface area (Å²) in [5.41, 5.74) is 12.3. The lowest BCUT2D eigenvalue weighted by Gasteiger charge is -2.26. The summed E-state index contributed by atoms with van der Waals surface area (Å²) in [7, 11) is 1.29. The van der Waals surface area contributed by atoms with Crippen LogP contribution in [0.2, 0.25) is 0 Å². The molecule has 2 aliphatic rings. The van der Waals surface area contributed by atoms with Gasteiger partial charge in [0.05, 0.1) is 17.9 Å². The summed E-state index contributed by atoms with van der Waals surface area (Å²) < 4.78 is 2.16. The lowest BCUT2D eigenvalue weighted by molar-refractivity contribution is 0.0994. The number of rotatable bonds is 4. The average Bonchev–Trinajstić information content (AvgIpc) is 3.54. The molecule has 0 bridgehead atoms. The highest BCUT2D eigenvalue weighted by molar-refractivity contribution is 8.32. The van der Waals surface area contributed by atoms with Crippen molar-refractivity contribution in [1.29, 1.82) is 0 Å². The highest BCUT2D eigenvalue weighted by Gasteiger charge is 2.26. The second-order valence-corrected chi connectivity index (χ2v) is 14.4. The van der Waals surface area contributed by atoms with Crippen LogP contribution >= 0.6 is 10.0 Å². The first-order valence-corrected chi connectivity index (χ1v) is 14.8. The Balaban J connectivity index is 1.38. The Hall–Kier alpha value is -3.35. The topological polar surface area (TPSA) is 49.6 Å². The molecular weight excluding hydrogens is 452 g/mol. The maximum atomic E-state index is 12.1. The van der Waals surface area contributed by atoms with Gasteiger partial charge in [0.25, 0.3) is 0 Å². The molecule has 1 aliphatic heterocycles. The molecule has 0 saturated carbocycles. The summed E-state index contributed by atoms with van der Waals surface area (Å²) in [5.74, 6) is 0.250. The van der Waals surface area contributed by atoms with E-state index in [0.29, 0.717) is 6.42 Å². The van der Waals surface area contributed by atoms with Gasteiger partial charge < -0.3 is 5.01 Å². The van der Waals surface area contributed by atoms with Crippen molar-refractivity contribution >= 4 is 27.0 Å². The summed E-state index contributed by atoms with van der Waals surface area (Å²) in [4.78, 5) is 18.1. The number of pyridine rings is 1. The molecule has 0 amide bonds. The van der Waals surface area contributed by atoms with E-state index in [1.165, 1.54) is 16.0 Å². The van der Waals surface area contributed by atoms with Crippen LogP contribution in [0.15, 0.2) is 78.1 Å². The van der Waals surface area contributed by atoms with Crippen molar-refractivity contribution in [3.05, 3.63) is 95.4 Å². The molecule has 1 N–H and O–H groups in total. The number of nitrogens with one attached hydrogen (secondary N) is 1. The summed E-state index contributed by atoms with van der Waals surface area (Å²) in [5, 5.41) is 2.04. The normalized spacial score (nSPS) is 18.3. The number of carbonyl (C=O) groups is 1. The van der Waals surface area contributed by atoms with Crippen molar-refractivity contribution in [2.75, 3.05) is 25.8 Å². The quantitative estimate of drug-likeness (QED) is 0.404. The Bertz CT molecular complexity index is 1490. The maximum Gasteiger partial charge on any atom is 0.163 e. The average molecular weight is 483 g/mol. The van der Waals surface area contributed by atoms with Crippen LogP contribution in [0.1, 0.15) is 39.5 Å². The van der Waals surface area contributed by atoms with E-state index in [0.717, 1.165) is 40.0 Å². The molecule has 178 valence electrons. The third-order valence-corrected chi connectivity index (χ3v) is 8.75. The first-order chi connectivity index (χ1) is 16.8. The number of aromatic nitrogens is 2. The zero-order valence-corrected chi connectivity index (χ0v) is 21.4. The van der Waals surface area contributed by atoms with Gasteiger partial charge >= 0.3 is 0 Å². The minimum absolute atomic E-state index is 0.0828. The van der Waals surface area contributed by atoms with Crippen LogP contribution in [0.5, 0.6) is 0 Å². The van der Waals surface area contributed by atoms with E-state index in [1.54, 1.807) is 0 Å². The Labute approximate surface area is 207 Å². The fourth-order valence-corrected chi connectivity index (χ4v) is 6.09. The second kappa shape index (κ2) is 8.11. The van der Waals surface area contributed by atoms with Gasteiger partial charge in [0.1, 0.15) is 5.65 Å². The molecule has 0 radical (unpaired) electrons. The van der Waals surface area contributed by atoms with E-state index in [4.69, 9.17) is 0 Å². The third-order valence-electron chi connectivity index (χ3n) is 7.06. The maximum absolute atomic E-state index is 12.1. The standard InChI is InChI=1S/C29H30N4OS/c1-32-18-25(29(31-32)19-5-10-23(11-6-19)35(2,3)4)22-9-14-28-30-16-26(33(28)17-22)21-7-12-24-20(15-21)8-13-27(24)34/h5-7,9-12,14-18,29,31H,8,13H2,1-4H3. The summed E-state index contributed by atoms with van der Waals surface area (Å²) in [6.45, 7) is 0. The predicted octanol–water partition coefficient (Wildman–Crippen LogP) is 5.72. The van der Waals surface area contributed by atoms with Gasteiger partial charge in [-0.25, -0.2) is 20.4 Å². The van der Waals surface area contributed by atoms with Gasteiger partial charge in [-0.1, -0.05) is 24.3 Å². The van der Waals surface area contributed by atoms with Crippen LogP contribution in [0, 0.1) is 0 Å². The number of hydrogen-bond donors (Lipinski definition) is 1. The van der Waals surface area contributed by atoms with Gasteiger partial charge in [0.15, 0.2) is 5.78 Å². The molecule has 35 heavy (non-hydrogen) atoms. The van der Waals surface area contributed by atoms with Crippen LogP contribution in [0.25, 0.3) is 22.5 Å². The number of benzene rings is 2. The number of fused-ring (bicyclic) bond motifs is 2. The Kier molecular flexibility index (Phi) is 5.13. The number of nitrogens with zero attached hydrogens (tertiary/aromatic N) is 3. The largest absolute Gasteiger partial charge is 0.317 e.